The van der Waals surface area contributed by atoms with Crippen LogP contribution < -0.4 is 10.1 Å². The molecule has 0 bridgehead atoms. The summed E-state index contributed by atoms with van der Waals surface area (Å²) < 4.78 is 17.9. The first-order valence-electron chi connectivity index (χ1n) is 6.75. The number of nitrogens with zero attached hydrogens (tertiary/aromatic N) is 2. The lowest BCUT2D eigenvalue weighted by atomic mass is 10.3. The molecule has 0 spiro atoms. The molecule has 0 radical (unpaired) electrons. The van der Waals surface area contributed by atoms with Crippen LogP contribution in [0, 0.1) is 4.77 Å². The lowest BCUT2D eigenvalue weighted by molar-refractivity contribution is -0.111. The molecule has 22 heavy (non-hydrogen) atoms. The van der Waals surface area contributed by atoms with Crippen molar-refractivity contribution >= 4 is 17.9 Å². The number of anilines is 1. The second kappa shape index (κ2) is 7.92. The van der Waals surface area contributed by atoms with E-state index in [0.29, 0.717) is 17.9 Å². The predicted molar refractivity (Wildman–Crippen MR) is 85.5 cm³/mol. The van der Waals surface area contributed by atoms with E-state index in [1.54, 1.807) is 21.3 Å². The van der Waals surface area contributed by atoms with Crippen LogP contribution in [-0.4, -0.2) is 42.4 Å². The Hall–Kier alpha value is -1.90. The van der Waals surface area contributed by atoms with Crippen molar-refractivity contribution in [1.29, 1.82) is 0 Å². The van der Waals surface area contributed by atoms with Gasteiger partial charge in [0.05, 0.1) is 20.2 Å². The summed E-state index contributed by atoms with van der Waals surface area (Å²) in [6.45, 7) is 1.00. The van der Waals surface area contributed by atoms with Gasteiger partial charge in [0, 0.05) is 19.9 Å². The van der Waals surface area contributed by atoms with E-state index in [2.05, 4.69) is 15.5 Å². The van der Waals surface area contributed by atoms with Crippen LogP contribution in [0.1, 0.15) is 5.82 Å². The van der Waals surface area contributed by atoms with Crippen LogP contribution in [0.4, 0.5) is 5.69 Å². The van der Waals surface area contributed by atoms with Crippen molar-refractivity contribution in [3.8, 4) is 5.75 Å². The fourth-order valence-electron chi connectivity index (χ4n) is 1.96. The fourth-order valence-corrected chi connectivity index (χ4v) is 2.18. The van der Waals surface area contributed by atoms with E-state index in [1.165, 1.54) is 0 Å². The molecule has 1 aromatic carbocycles. The quantitative estimate of drug-likeness (QED) is 0.573. The molecule has 0 fully saturated rings. The summed E-state index contributed by atoms with van der Waals surface area (Å²) in [7, 11) is 4.82. The van der Waals surface area contributed by atoms with Crippen molar-refractivity contribution in [1.82, 2.24) is 14.8 Å². The van der Waals surface area contributed by atoms with E-state index in [-0.39, 0.29) is 6.29 Å². The van der Waals surface area contributed by atoms with E-state index in [4.69, 9.17) is 26.4 Å². The van der Waals surface area contributed by atoms with Crippen molar-refractivity contribution in [3.63, 3.8) is 0 Å². The van der Waals surface area contributed by atoms with E-state index in [1.807, 2.05) is 28.8 Å². The number of hydrogen-bond acceptors (Lipinski definition) is 6. The molecule has 0 saturated heterocycles. The minimum absolute atomic E-state index is 0.371. The van der Waals surface area contributed by atoms with Gasteiger partial charge in [-0.3, -0.25) is 9.67 Å². The fraction of sp³-hybridized carbons (Fsp3) is 0.429. The molecule has 0 aliphatic rings. The Kier molecular flexibility index (Phi) is 5.93. The lowest BCUT2D eigenvalue weighted by Crippen LogP contribution is -2.22. The van der Waals surface area contributed by atoms with Crippen LogP contribution in [0.5, 0.6) is 5.75 Å². The van der Waals surface area contributed by atoms with Gasteiger partial charge in [-0.05, 0) is 36.5 Å². The molecule has 8 heteroatoms. The van der Waals surface area contributed by atoms with Gasteiger partial charge in [0.25, 0.3) is 0 Å². The number of hydrogen-bond donors (Lipinski definition) is 2. The first-order chi connectivity index (χ1) is 10.7. The van der Waals surface area contributed by atoms with Crippen molar-refractivity contribution in [3.05, 3.63) is 34.9 Å². The molecule has 0 atom stereocenters. The van der Waals surface area contributed by atoms with Crippen molar-refractivity contribution in [2.24, 2.45) is 0 Å². The molecule has 0 amide bonds. The van der Waals surface area contributed by atoms with Crippen molar-refractivity contribution < 1.29 is 14.2 Å². The first-order valence-corrected chi connectivity index (χ1v) is 7.16. The zero-order chi connectivity index (χ0) is 15.9. The topological polar surface area (TPSA) is 73.3 Å². The van der Waals surface area contributed by atoms with Gasteiger partial charge < -0.3 is 19.5 Å². The third kappa shape index (κ3) is 4.06. The molecule has 0 saturated carbocycles. The molecule has 7 nitrogen and oxygen atoms in total. The Morgan fingerprint density at radius 2 is 1.91 bits per heavy atom. The molecule has 0 unspecified atom stereocenters. The van der Waals surface area contributed by atoms with E-state index < -0.39 is 0 Å². The summed E-state index contributed by atoms with van der Waals surface area (Å²) in [5.41, 5.74) is 0.969. The minimum Gasteiger partial charge on any atom is -0.497 e. The second-order valence-corrected chi connectivity index (χ2v) is 4.93. The third-order valence-corrected chi connectivity index (χ3v) is 3.55. The standard InChI is InChI=1S/C14H20N4O3S/c1-19-11-6-4-10(5-7-11)15-8-12-16-17-14(22)18(12)9-13(20-2)21-3/h4-7,13,15H,8-9H2,1-3H3,(H,17,22). The Bertz CT molecular complexity index is 634. The third-order valence-electron chi connectivity index (χ3n) is 3.24. The zero-order valence-electron chi connectivity index (χ0n) is 12.8. The van der Waals surface area contributed by atoms with Crippen LogP contribution in [0.2, 0.25) is 0 Å². The van der Waals surface area contributed by atoms with E-state index in [9.17, 15) is 0 Å². The van der Waals surface area contributed by atoms with E-state index >= 15 is 0 Å². The number of rotatable bonds is 8. The number of H-pyrrole nitrogens is 1. The highest BCUT2D eigenvalue weighted by Crippen LogP contribution is 2.15. The monoisotopic (exact) mass is 324 g/mol. The lowest BCUT2D eigenvalue weighted by Gasteiger charge is -2.15. The molecule has 1 heterocycles. The predicted octanol–water partition coefficient (Wildman–Crippen LogP) is 2.18. The Morgan fingerprint density at radius 3 is 2.50 bits per heavy atom. The molecule has 2 N–H and O–H groups in total. The Balaban J connectivity index is 2.04. The maximum atomic E-state index is 5.24. The van der Waals surface area contributed by atoms with Crippen LogP contribution in [-0.2, 0) is 22.6 Å². The zero-order valence-corrected chi connectivity index (χ0v) is 13.6. The smallest absolute Gasteiger partial charge is 0.195 e. The van der Waals surface area contributed by atoms with Crippen molar-refractivity contribution in [2.45, 2.75) is 19.4 Å². The van der Waals surface area contributed by atoms with Gasteiger partial charge >= 0.3 is 0 Å². The summed E-state index contributed by atoms with van der Waals surface area (Å²) in [5, 5.41) is 10.3. The number of nitrogens with one attached hydrogen (secondary N) is 2. The number of aromatic nitrogens is 3. The average Bonchev–Trinajstić information content (AvgIpc) is 2.91. The molecule has 2 rings (SSSR count). The maximum absolute atomic E-state index is 5.24. The number of methoxy groups -OCH3 is 3. The number of ether oxygens (including phenoxy) is 3. The van der Waals surface area contributed by atoms with Crippen LogP contribution in [0.3, 0.4) is 0 Å². The summed E-state index contributed by atoms with van der Waals surface area (Å²) in [6, 6.07) is 7.67. The number of aromatic amines is 1. The maximum Gasteiger partial charge on any atom is 0.195 e. The average molecular weight is 324 g/mol. The summed E-state index contributed by atoms with van der Waals surface area (Å²) >= 11 is 5.24. The molecule has 0 aliphatic carbocycles. The Labute approximate surface area is 134 Å². The molecular formula is C14H20N4O3S. The van der Waals surface area contributed by atoms with Gasteiger partial charge in [-0.15, -0.1) is 0 Å². The van der Waals surface area contributed by atoms with Crippen LogP contribution in [0.25, 0.3) is 0 Å². The van der Waals surface area contributed by atoms with Crippen LogP contribution >= 0.6 is 12.2 Å². The second-order valence-electron chi connectivity index (χ2n) is 4.54. The van der Waals surface area contributed by atoms with E-state index in [0.717, 1.165) is 17.3 Å². The summed E-state index contributed by atoms with van der Waals surface area (Å²) in [4.78, 5) is 0. The van der Waals surface area contributed by atoms with Gasteiger partial charge in [-0.2, -0.15) is 5.10 Å². The highest BCUT2D eigenvalue weighted by Gasteiger charge is 2.12. The molecular weight excluding hydrogens is 304 g/mol. The molecule has 1 aromatic heterocycles. The normalized spacial score (nSPS) is 10.9. The highest BCUT2D eigenvalue weighted by molar-refractivity contribution is 7.71. The van der Waals surface area contributed by atoms with Gasteiger partial charge in [-0.1, -0.05) is 0 Å². The van der Waals surface area contributed by atoms with Crippen molar-refractivity contribution in [2.75, 3.05) is 26.6 Å². The van der Waals surface area contributed by atoms with Gasteiger partial charge in [0.15, 0.2) is 16.9 Å². The van der Waals surface area contributed by atoms with Gasteiger partial charge in [0.2, 0.25) is 0 Å². The SMILES string of the molecule is COc1ccc(NCc2n[nH]c(=S)n2CC(OC)OC)cc1. The molecule has 2 aromatic rings. The first kappa shape index (κ1) is 16.5. The van der Waals surface area contributed by atoms with Crippen LogP contribution in [0.15, 0.2) is 24.3 Å². The Morgan fingerprint density at radius 1 is 1.23 bits per heavy atom. The summed E-state index contributed by atoms with van der Waals surface area (Å²) in [6.07, 6.45) is -0.371. The molecule has 0 aliphatic heterocycles. The summed E-state index contributed by atoms with van der Waals surface area (Å²) in [5.74, 6) is 1.59. The largest absolute Gasteiger partial charge is 0.497 e. The minimum atomic E-state index is -0.371. The van der Waals surface area contributed by atoms with Gasteiger partial charge in [0.1, 0.15) is 5.75 Å². The van der Waals surface area contributed by atoms with Gasteiger partial charge in [-0.25, -0.2) is 0 Å². The highest BCUT2D eigenvalue weighted by atomic mass is 32.1. The molecule has 120 valence electrons. The number of benzene rings is 1.